The van der Waals surface area contributed by atoms with Gasteiger partial charge in [0.2, 0.25) is 0 Å². The maximum Gasteiger partial charge on any atom is 0.291 e. The van der Waals surface area contributed by atoms with E-state index in [9.17, 15) is 14.9 Å². The maximum absolute atomic E-state index is 12.7. The van der Waals surface area contributed by atoms with Crippen molar-refractivity contribution >= 4 is 17.3 Å². The number of anilines is 1. The fourth-order valence-corrected chi connectivity index (χ4v) is 3.54. The number of hydrogen-bond donors (Lipinski definition) is 1. The Labute approximate surface area is 207 Å². The van der Waals surface area contributed by atoms with Crippen LogP contribution in [0.1, 0.15) is 27.4 Å². The Hall–Kier alpha value is -4.79. The summed E-state index contributed by atoms with van der Waals surface area (Å²) < 4.78 is 22.2. The molecule has 9 heteroatoms. The number of aryl methyl sites for hydroxylation is 2. The number of nitro benzene ring substituents is 1. The molecule has 0 fully saturated rings. The number of nitrogens with one attached hydrogen (secondary N) is 1. The van der Waals surface area contributed by atoms with Crippen molar-refractivity contribution in [3.05, 3.63) is 106 Å². The van der Waals surface area contributed by atoms with E-state index in [4.69, 9.17) is 18.6 Å². The first-order valence-corrected chi connectivity index (χ1v) is 11.0. The van der Waals surface area contributed by atoms with Gasteiger partial charge < -0.3 is 23.9 Å². The molecule has 0 spiro atoms. The van der Waals surface area contributed by atoms with Crippen LogP contribution in [0.3, 0.4) is 0 Å². The van der Waals surface area contributed by atoms with E-state index in [0.29, 0.717) is 23.0 Å². The van der Waals surface area contributed by atoms with Crippen LogP contribution < -0.4 is 19.5 Å². The van der Waals surface area contributed by atoms with Crippen molar-refractivity contribution in [2.45, 2.75) is 20.5 Å². The smallest absolute Gasteiger partial charge is 0.291 e. The van der Waals surface area contributed by atoms with E-state index in [-0.39, 0.29) is 29.5 Å². The predicted molar refractivity (Wildman–Crippen MR) is 133 cm³/mol. The molecule has 1 aromatic heterocycles. The van der Waals surface area contributed by atoms with Crippen LogP contribution in [-0.4, -0.2) is 17.9 Å². The predicted octanol–water partition coefficient (Wildman–Crippen LogP) is 6.44. The molecule has 0 unspecified atom stereocenters. The average Bonchev–Trinajstić information content (AvgIpc) is 3.31. The average molecular weight is 488 g/mol. The van der Waals surface area contributed by atoms with E-state index in [2.05, 4.69) is 5.32 Å². The van der Waals surface area contributed by atoms with Gasteiger partial charge in [-0.25, -0.2) is 0 Å². The van der Waals surface area contributed by atoms with E-state index >= 15 is 0 Å². The first-order chi connectivity index (χ1) is 17.3. The second-order valence-corrected chi connectivity index (χ2v) is 8.08. The molecule has 184 valence electrons. The maximum atomic E-state index is 12.7. The number of benzene rings is 3. The minimum Gasteiger partial charge on any atom is -0.497 e. The van der Waals surface area contributed by atoms with Crippen LogP contribution in [0.2, 0.25) is 0 Å². The number of rotatable bonds is 9. The zero-order valence-electron chi connectivity index (χ0n) is 19.9. The van der Waals surface area contributed by atoms with Crippen LogP contribution in [0, 0.1) is 24.0 Å². The molecule has 3 aromatic carbocycles. The van der Waals surface area contributed by atoms with E-state index < -0.39 is 10.8 Å². The zero-order valence-corrected chi connectivity index (χ0v) is 19.9. The Balaban J connectivity index is 1.45. The molecule has 0 atom stereocenters. The lowest BCUT2D eigenvalue weighted by Crippen LogP contribution is -2.11. The van der Waals surface area contributed by atoms with E-state index in [1.807, 2.05) is 32.0 Å². The van der Waals surface area contributed by atoms with Gasteiger partial charge in [-0.1, -0.05) is 6.07 Å². The molecule has 0 aliphatic carbocycles. The standard InChI is InChI=1S/C27H24N2O7/c1-17-10-18(2)12-24(11-17)35-25-14-19(13-20(15-25)29(31)32)28-27(30)26-9-8-23(36-26)16-34-22-6-4-21(33-3)5-7-22/h4-15H,16H2,1-3H3,(H,28,30). The van der Waals surface area contributed by atoms with Crippen molar-refractivity contribution in [3.8, 4) is 23.0 Å². The molecule has 0 saturated heterocycles. The fraction of sp³-hybridized carbons (Fsp3) is 0.148. The molecule has 9 nitrogen and oxygen atoms in total. The highest BCUT2D eigenvalue weighted by molar-refractivity contribution is 6.02. The summed E-state index contributed by atoms with van der Waals surface area (Å²) in [4.78, 5) is 23.6. The highest BCUT2D eigenvalue weighted by Gasteiger charge is 2.16. The SMILES string of the molecule is COc1ccc(OCc2ccc(C(=O)Nc3cc(Oc4cc(C)cc(C)c4)cc([N+](=O)[O-])c3)o2)cc1. The molecular weight excluding hydrogens is 464 g/mol. The van der Waals surface area contributed by atoms with Crippen LogP contribution in [-0.2, 0) is 6.61 Å². The molecule has 0 bridgehead atoms. The fourth-order valence-electron chi connectivity index (χ4n) is 3.54. The molecular formula is C27H24N2O7. The van der Waals surface area contributed by atoms with Gasteiger partial charge in [0.25, 0.3) is 11.6 Å². The summed E-state index contributed by atoms with van der Waals surface area (Å²) in [7, 11) is 1.58. The largest absolute Gasteiger partial charge is 0.497 e. The third-order valence-corrected chi connectivity index (χ3v) is 5.12. The first-order valence-electron chi connectivity index (χ1n) is 11.0. The lowest BCUT2D eigenvalue weighted by atomic mass is 10.1. The van der Waals surface area contributed by atoms with Crippen molar-refractivity contribution < 1.29 is 28.3 Å². The summed E-state index contributed by atoms with van der Waals surface area (Å²) in [5.41, 5.74) is 1.96. The van der Waals surface area contributed by atoms with Crippen molar-refractivity contribution in [3.63, 3.8) is 0 Å². The number of nitrogens with zero attached hydrogens (tertiary/aromatic N) is 1. The van der Waals surface area contributed by atoms with Crippen LogP contribution in [0.25, 0.3) is 0 Å². The van der Waals surface area contributed by atoms with Gasteiger partial charge in [0.05, 0.1) is 23.8 Å². The molecule has 1 heterocycles. The summed E-state index contributed by atoms with van der Waals surface area (Å²) in [5.74, 6) is 1.99. The second kappa shape index (κ2) is 10.6. The topological polar surface area (TPSA) is 113 Å². The number of non-ortho nitro benzene ring substituents is 1. The Morgan fingerprint density at radius 2 is 1.56 bits per heavy atom. The number of carbonyl (C=O) groups is 1. The van der Waals surface area contributed by atoms with Crippen molar-refractivity contribution in [2.75, 3.05) is 12.4 Å². The molecule has 0 saturated carbocycles. The summed E-state index contributed by atoms with van der Waals surface area (Å²) in [6.45, 7) is 3.97. The minimum absolute atomic E-state index is 0.0339. The third kappa shape index (κ3) is 6.20. The highest BCUT2D eigenvalue weighted by atomic mass is 16.6. The summed E-state index contributed by atoms with van der Waals surface area (Å²) in [6, 6.07) is 19.9. The van der Waals surface area contributed by atoms with Gasteiger partial charge in [-0.2, -0.15) is 0 Å². The van der Waals surface area contributed by atoms with Gasteiger partial charge in [0.15, 0.2) is 5.76 Å². The number of hydrogen-bond acceptors (Lipinski definition) is 7. The summed E-state index contributed by atoms with van der Waals surface area (Å²) in [6.07, 6.45) is 0. The number of methoxy groups -OCH3 is 1. The third-order valence-electron chi connectivity index (χ3n) is 5.12. The van der Waals surface area contributed by atoms with Crippen molar-refractivity contribution in [1.82, 2.24) is 0 Å². The van der Waals surface area contributed by atoms with Gasteiger partial charge in [-0.15, -0.1) is 0 Å². The van der Waals surface area contributed by atoms with Gasteiger partial charge >= 0.3 is 0 Å². The normalized spacial score (nSPS) is 10.5. The van der Waals surface area contributed by atoms with Gasteiger partial charge in [-0.3, -0.25) is 14.9 Å². The van der Waals surface area contributed by atoms with E-state index in [1.165, 1.54) is 24.3 Å². The Morgan fingerprint density at radius 3 is 2.22 bits per heavy atom. The molecule has 1 N–H and O–H groups in total. The van der Waals surface area contributed by atoms with Crippen LogP contribution in [0.15, 0.2) is 77.2 Å². The van der Waals surface area contributed by atoms with E-state index in [0.717, 1.165) is 11.1 Å². The lowest BCUT2D eigenvalue weighted by molar-refractivity contribution is -0.384. The zero-order chi connectivity index (χ0) is 25.7. The highest BCUT2D eigenvalue weighted by Crippen LogP contribution is 2.31. The van der Waals surface area contributed by atoms with Crippen LogP contribution in [0.5, 0.6) is 23.0 Å². The minimum atomic E-state index is -0.566. The molecule has 0 aliphatic rings. The second-order valence-electron chi connectivity index (χ2n) is 8.08. The van der Waals surface area contributed by atoms with Gasteiger partial charge in [0.1, 0.15) is 35.4 Å². The molecule has 0 radical (unpaired) electrons. The lowest BCUT2D eigenvalue weighted by Gasteiger charge is -2.10. The number of carbonyl (C=O) groups excluding carboxylic acids is 1. The number of amides is 1. The number of nitro groups is 1. The number of ether oxygens (including phenoxy) is 3. The number of furan rings is 1. The quantitative estimate of drug-likeness (QED) is 0.213. The molecule has 0 aliphatic heterocycles. The van der Waals surface area contributed by atoms with Crippen molar-refractivity contribution in [2.24, 2.45) is 0 Å². The first kappa shape index (κ1) is 24.3. The Morgan fingerprint density at radius 1 is 0.889 bits per heavy atom. The molecule has 4 aromatic rings. The summed E-state index contributed by atoms with van der Waals surface area (Å²) >= 11 is 0. The monoisotopic (exact) mass is 488 g/mol. The van der Waals surface area contributed by atoms with Crippen LogP contribution in [0.4, 0.5) is 11.4 Å². The summed E-state index contributed by atoms with van der Waals surface area (Å²) in [5, 5.41) is 14.1. The Bertz CT molecular complexity index is 1370. The van der Waals surface area contributed by atoms with Gasteiger partial charge in [0, 0.05) is 12.1 Å². The van der Waals surface area contributed by atoms with Crippen LogP contribution >= 0.6 is 0 Å². The molecule has 1 amide bonds. The molecule has 36 heavy (non-hydrogen) atoms. The van der Waals surface area contributed by atoms with E-state index in [1.54, 1.807) is 37.4 Å². The van der Waals surface area contributed by atoms with Gasteiger partial charge in [-0.05, 0) is 73.5 Å². The molecule has 4 rings (SSSR count). The Kier molecular flexibility index (Phi) is 7.20. The van der Waals surface area contributed by atoms with Crippen molar-refractivity contribution in [1.29, 1.82) is 0 Å².